The largest absolute Gasteiger partial charge is 0.466 e. The topological polar surface area (TPSA) is 127 Å². The van der Waals surface area contributed by atoms with Crippen LogP contribution in [0.25, 0.3) is 11.0 Å². The lowest BCUT2D eigenvalue weighted by atomic mass is 9.66. The zero-order valence-electron chi connectivity index (χ0n) is 18.6. The Morgan fingerprint density at radius 3 is 2.88 bits per heavy atom. The molecule has 3 fully saturated rings. The van der Waals surface area contributed by atoms with Gasteiger partial charge in [-0.2, -0.15) is 0 Å². The highest BCUT2D eigenvalue weighted by Crippen LogP contribution is 2.71. The van der Waals surface area contributed by atoms with E-state index in [4.69, 9.17) is 4.74 Å². The monoisotopic (exact) mass is 473 g/mol. The summed E-state index contributed by atoms with van der Waals surface area (Å²) in [4.78, 5) is 41.4. The number of para-hydroxylation sites is 1. The first kappa shape index (κ1) is 22.1. The van der Waals surface area contributed by atoms with Crippen molar-refractivity contribution >= 4 is 40.6 Å². The van der Waals surface area contributed by atoms with E-state index in [0.717, 1.165) is 17.5 Å². The minimum absolute atomic E-state index is 0.0360. The molecule has 0 aliphatic carbocycles. The van der Waals surface area contributed by atoms with Crippen LogP contribution in [-0.4, -0.2) is 78.1 Å². The highest BCUT2D eigenvalue weighted by molar-refractivity contribution is 8.02. The number of carbonyl (C=O) groups excluding carboxylic acids is 3. The summed E-state index contributed by atoms with van der Waals surface area (Å²) in [6.45, 7) is 3.84. The predicted octanol–water partition coefficient (Wildman–Crippen LogP) is 0.542. The van der Waals surface area contributed by atoms with Crippen LogP contribution in [0.3, 0.4) is 0 Å². The number of β-amino-alcohol motifs (C(OH)–C–C–N with tert-alkyl or cyclic N) is 1. The average molecular weight is 474 g/mol. The van der Waals surface area contributed by atoms with Crippen LogP contribution >= 0.6 is 11.8 Å². The maximum atomic E-state index is 13.6. The van der Waals surface area contributed by atoms with Gasteiger partial charge in [-0.3, -0.25) is 14.4 Å². The molecule has 2 N–H and O–H groups in total. The number of nitrogens with one attached hydrogen (secondary N) is 1. The lowest BCUT2D eigenvalue weighted by Crippen LogP contribution is -2.54. The summed E-state index contributed by atoms with van der Waals surface area (Å²) in [7, 11) is 0. The SMILES string of the molecule is CCOC(=O)[C@H]1[C@H]2C(=O)N(CCO)C(C(=O)NCn3nnc4ccccc43)C23CC[C@]1(C)S3. The Hall–Kier alpha value is -2.66. The van der Waals surface area contributed by atoms with Crippen molar-refractivity contribution in [1.29, 1.82) is 0 Å². The van der Waals surface area contributed by atoms with Gasteiger partial charge in [0.2, 0.25) is 11.8 Å². The molecule has 176 valence electrons. The third-order valence-corrected chi connectivity index (χ3v) is 9.22. The minimum Gasteiger partial charge on any atom is -0.466 e. The second kappa shape index (κ2) is 7.98. The van der Waals surface area contributed by atoms with E-state index >= 15 is 0 Å². The zero-order valence-corrected chi connectivity index (χ0v) is 19.4. The Morgan fingerprint density at radius 1 is 1.33 bits per heavy atom. The fourth-order valence-corrected chi connectivity index (χ4v) is 8.29. The molecular formula is C22H27N5O5S. The third-order valence-electron chi connectivity index (χ3n) is 7.23. The van der Waals surface area contributed by atoms with Gasteiger partial charge in [0.15, 0.2) is 0 Å². The van der Waals surface area contributed by atoms with Gasteiger partial charge in [0, 0.05) is 11.3 Å². The van der Waals surface area contributed by atoms with Gasteiger partial charge in [0.25, 0.3) is 0 Å². The maximum absolute atomic E-state index is 13.6. The van der Waals surface area contributed by atoms with Crippen LogP contribution in [-0.2, 0) is 25.8 Å². The predicted molar refractivity (Wildman–Crippen MR) is 120 cm³/mol. The van der Waals surface area contributed by atoms with E-state index in [-0.39, 0.29) is 44.2 Å². The number of ether oxygens (including phenoxy) is 1. The number of benzene rings is 1. The van der Waals surface area contributed by atoms with E-state index in [1.807, 2.05) is 31.2 Å². The first-order valence-corrected chi connectivity index (χ1v) is 12.0. The fraction of sp³-hybridized carbons (Fsp3) is 0.591. The molecular weight excluding hydrogens is 446 g/mol. The van der Waals surface area contributed by atoms with Crippen LogP contribution in [0.4, 0.5) is 0 Å². The second-order valence-electron chi connectivity index (χ2n) is 9.01. The van der Waals surface area contributed by atoms with Crippen molar-refractivity contribution in [2.24, 2.45) is 11.8 Å². The molecule has 1 spiro atoms. The number of fused-ring (bicyclic) bond motifs is 2. The molecule has 33 heavy (non-hydrogen) atoms. The zero-order chi connectivity index (χ0) is 23.4. The van der Waals surface area contributed by atoms with Crippen LogP contribution in [0, 0.1) is 11.8 Å². The Balaban J connectivity index is 1.45. The Labute approximate surface area is 195 Å². The van der Waals surface area contributed by atoms with Gasteiger partial charge in [-0.15, -0.1) is 16.9 Å². The molecule has 3 aliphatic rings. The first-order chi connectivity index (χ1) is 15.9. The summed E-state index contributed by atoms with van der Waals surface area (Å²) in [6, 6.07) is 6.66. The molecule has 0 saturated carbocycles. The molecule has 2 unspecified atom stereocenters. The number of rotatable bonds is 7. The van der Waals surface area contributed by atoms with Gasteiger partial charge in [0.1, 0.15) is 18.2 Å². The van der Waals surface area contributed by atoms with E-state index < -0.39 is 27.4 Å². The van der Waals surface area contributed by atoms with Gasteiger partial charge in [-0.25, -0.2) is 4.68 Å². The summed E-state index contributed by atoms with van der Waals surface area (Å²) in [5, 5.41) is 20.8. The van der Waals surface area contributed by atoms with Gasteiger partial charge in [-0.1, -0.05) is 17.3 Å². The smallest absolute Gasteiger partial charge is 0.311 e. The van der Waals surface area contributed by atoms with Gasteiger partial charge in [-0.05, 0) is 38.8 Å². The molecule has 11 heteroatoms. The standard InChI is InChI=1S/C22H27N5O5S/c1-3-32-20(31)16-15-19(30)26(10-11-28)17(22(15)9-8-21(16,2)33-22)18(29)23-12-27-14-7-5-4-6-13(14)24-25-27/h4-7,15-17,28H,3,8-12H2,1-2H3,(H,23,29)/t15-,16+,17?,21-,22?/m0/s1. The molecule has 3 saturated heterocycles. The van der Waals surface area contributed by atoms with Crippen LogP contribution in [0.1, 0.15) is 26.7 Å². The first-order valence-electron chi connectivity index (χ1n) is 11.2. The van der Waals surface area contributed by atoms with Crippen molar-refractivity contribution in [3.8, 4) is 0 Å². The molecule has 3 aliphatic heterocycles. The molecule has 0 radical (unpaired) electrons. The second-order valence-corrected chi connectivity index (χ2v) is 10.9. The van der Waals surface area contributed by atoms with Gasteiger partial charge >= 0.3 is 5.97 Å². The van der Waals surface area contributed by atoms with Crippen LogP contribution in [0.5, 0.6) is 0 Å². The molecule has 10 nitrogen and oxygen atoms in total. The lowest BCUT2D eigenvalue weighted by molar-refractivity contribution is -0.155. The van der Waals surface area contributed by atoms with E-state index in [9.17, 15) is 19.5 Å². The summed E-state index contributed by atoms with van der Waals surface area (Å²) in [5.74, 6) is -2.22. The highest BCUT2D eigenvalue weighted by atomic mass is 32.2. The van der Waals surface area contributed by atoms with Gasteiger partial charge in [0.05, 0.1) is 35.3 Å². The molecule has 1 aromatic heterocycles. The van der Waals surface area contributed by atoms with Crippen molar-refractivity contribution in [3.05, 3.63) is 24.3 Å². The van der Waals surface area contributed by atoms with Crippen LogP contribution < -0.4 is 5.32 Å². The quantitative estimate of drug-likeness (QED) is 0.558. The molecule has 4 heterocycles. The number of esters is 1. The molecule has 2 aromatic rings. The number of thioether (sulfide) groups is 1. The molecule has 5 rings (SSSR count). The normalized spacial score (nSPS) is 32.4. The number of aromatic nitrogens is 3. The molecule has 1 aromatic carbocycles. The summed E-state index contributed by atoms with van der Waals surface area (Å²) < 4.78 is 5.74. The van der Waals surface area contributed by atoms with E-state index in [0.29, 0.717) is 6.42 Å². The van der Waals surface area contributed by atoms with E-state index in [2.05, 4.69) is 15.6 Å². The third kappa shape index (κ3) is 3.16. The van der Waals surface area contributed by atoms with Crippen molar-refractivity contribution in [1.82, 2.24) is 25.2 Å². The van der Waals surface area contributed by atoms with Crippen molar-refractivity contribution in [2.75, 3.05) is 19.8 Å². The Bertz CT molecular complexity index is 1120. The lowest BCUT2D eigenvalue weighted by Gasteiger charge is -2.34. The van der Waals surface area contributed by atoms with Crippen LogP contribution in [0.15, 0.2) is 24.3 Å². The molecule has 5 atom stereocenters. The molecule has 2 amide bonds. The maximum Gasteiger partial charge on any atom is 0.311 e. The van der Waals surface area contributed by atoms with E-state index in [1.165, 1.54) is 4.90 Å². The number of nitrogens with zero attached hydrogens (tertiary/aromatic N) is 4. The van der Waals surface area contributed by atoms with Crippen molar-refractivity contribution in [2.45, 2.75) is 48.9 Å². The minimum atomic E-state index is -0.789. The highest BCUT2D eigenvalue weighted by Gasteiger charge is 2.77. The van der Waals surface area contributed by atoms with Gasteiger partial charge < -0.3 is 20.1 Å². The van der Waals surface area contributed by atoms with Crippen molar-refractivity contribution in [3.63, 3.8) is 0 Å². The van der Waals surface area contributed by atoms with Crippen LogP contribution in [0.2, 0.25) is 0 Å². The Kier molecular flexibility index (Phi) is 5.36. The summed E-state index contributed by atoms with van der Waals surface area (Å²) >= 11 is 1.57. The summed E-state index contributed by atoms with van der Waals surface area (Å²) in [6.07, 6.45) is 1.36. The number of carbonyl (C=O) groups is 3. The number of aliphatic hydroxyl groups is 1. The number of likely N-dealkylation sites (tertiary alicyclic amines) is 1. The summed E-state index contributed by atoms with van der Waals surface area (Å²) in [5.41, 5.74) is 1.51. The number of aliphatic hydroxyl groups excluding tert-OH is 1. The van der Waals surface area contributed by atoms with Crippen molar-refractivity contribution < 1.29 is 24.2 Å². The average Bonchev–Trinajstić information content (AvgIpc) is 3.49. The number of hydrogen-bond acceptors (Lipinski definition) is 8. The Morgan fingerprint density at radius 2 is 2.12 bits per heavy atom. The fourth-order valence-electron chi connectivity index (χ4n) is 5.95. The number of amides is 2. The number of hydrogen-bond donors (Lipinski definition) is 2. The molecule has 2 bridgehead atoms. The van der Waals surface area contributed by atoms with E-state index in [1.54, 1.807) is 23.4 Å².